The lowest BCUT2D eigenvalue weighted by Crippen LogP contribution is -2.43. The van der Waals surface area contributed by atoms with Crippen LogP contribution >= 0.6 is 0 Å². The fourth-order valence-corrected chi connectivity index (χ4v) is 5.14. The number of aromatic nitrogens is 3. The van der Waals surface area contributed by atoms with Crippen LogP contribution < -0.4 is 21.1 Å². The van der Waals surface area contributed by atoms with E-state index in [9.17, 15) is 14.0 Å². The molecule has 0 atom stereocenters. The van der Waals surface area contributed by atoms with Gasteiger partial charge in [-0.3, -0.25) is 14.2 Å². The smallest absolute Gasteiger partial charge is 0.263 e. The van der Waals surface area contributed by atoms with Crippen LogP contribution in [0.3, 0.4) is 0 Å². The van der Waals surface area contributed by atoms with E-state index >= 15 is 0 Å². The Morgan fingerprint density at radius 2 is 1.92 bits per heavy atom. The second kappa shape index (κ2) is 9.98. The van der Waals surface area contributed by atoms with Crippen molar-refractivity contribution >= 4 is 34.1 Å². The van der Waals surface area contributed by atoms with E-state index < -0.39 is 0 Å². The quantitative estimate of drug-likeness (QED) is 0.359. The minimum Gasteiger partial charge on any atom is -0.367 e. The highest BCUT2D eigenvalue weighted by atomic mass is 19.1. The number of ketones is 1. The molecule has 2 aliphatic rings. The zero-order valence-electron chi connectivity index (χ0n) is 21.2. The summed E-state index contributed by atoms with van der Waals surface area (Å²) in [6.45, 7) is 4.83. The third kappa shape index (κ3) is 4.77. The van der Waals surface area contributed by atoms with Crippen molar-refractivity contribution in [3.8, 4) is 0 Å². The number of nitrogens with zero attached hydrogens (tertiary/aromatic N) is 4. The Morgan fingerprint density at radius 3 is 2.66 bits per heavy atom. The maximum Gasteiger partial charge on any atom is 0.263 e. The molecular weight excluding hydrogens is 483 g/mol. The van der Waals surface area contributed by atoms with Gasteiger partial charge in [-0.2, -0.15) is 4.98 Å². The molecule has 4 aromatic rings. The highest BCUT2D eigenvalue weighted by Crippen LogP contribution is 2.41. The molecule has 0 unspecified atom stereocenters. The Hall–Kier alpha value is -4.11. The molecule has 194 valence electrons. The summed E-state index contributed by atoms with van der Waals surface area (Å²) >= 11 is 0. The number of carbonyl (C=O) groups is 1. The summed E-state index contributed by atoms with van der Waals surface area (Å²) in [7, 11) is 0. The van der Waals surface area contributed by atoms with Crippen molar-refractivity contribution in [3.63, 3.8) is 0 Å². The third-order valence-electron chi connectivity index (χ3n) is 7.27. The average molecular weight is 513 g/mol. The van der Waals surface area contributed by atoms with Gasteiger partial charge in [0.2, 0.25) is 5.95 Å². The fraction of sp³-hybridized carbons (Fsp3) is 0.310. The van der Waals surface area contributed by atoms with Crippen molar-refractivity contribution < 1.29 is 9.18 Å². The fourth-order valence-electron chi connectivity index (χ4n) is 5.14. The Balaban J connectivity index is 1.37. The van der Waals surface area contributed by atoms with Gasteiger partial charge in [0.25, 0.3) is 5.56 Å². The van der Waals surface area contributed by atoms with Crippen LogP contribution in [0.1, 0.15) is 47.2 Å². The monoisotopic (exact) mass is 512 g/mol. The van der Waals surface area contributed by atoms with Gasteiger partial charge < -0.3 is 15.5 Å². The molecule has 2 aromatic carbocycles. The molecule has 6 rings (SSSR count). The summed E-state index contributed by atoms with van der Waals surface area (Å²) < 4.78 is 16.5. The Bertz CT molecular complexity index is 1590. The molecule has 8 nitrogen and oxygen atoms in total. The van der Waals surface area contributed by atoms with Gasteiger partial charge in [-0.05, 0) is 61.1 Å². The molecular formula is C29H29FN6O2. The van der Waals surface area contributed by atoms with Gasteiger partial charge in [0.05, 0.1) is 17.8 Å². The molecule has 2 N–H and O–H groups in total. The van der Waals surface area contributed by atoms with E-state index in [0.29, 0.717) is 34.9 Å². The number of hydrogen-bond donors (Lipinski definition) is 2. The summed E-state index contributed by atoms with van der Waals surface area (Å²) in [5.41, 5.74) is 3.49. The molecule has 1 saturated carbocycles. The van der Waals surface area contributed by atoms with Crippen LogP contribution in [0.15, 0.2) is 59.5 Å². The lowest BCUT2D eigenvalue weighted by atomic mass is 10.0. The third-order valence-corrected chi connectivity index (χ3v) is 7.27. The van der Waals surface area contributed by atoms with Crippen LogP contribution in [0, 0.1) is 5.82 Å². The van der Waals surface area contributed by atoms with Crippen LogP contribution in [-0.2, 0) is 6.54 Å². The predicted molar refractivity (Wildman–Crippen MR) is 146 cm³/mol. The van der Waals surface area contributed by atoms with Crippen LogP contribution in [0.5, 0.6) is 0 Å². The minimum atomic E-state index is -0.383. The van der Waals surface area contributed by atoms with Crippen LogP contribution in [0.2, 0.25) is 0 Å². The van der Waals surface area contributed by atoms with Crippen molar-refractivity contribution in [3.05, 3.63) is 87.6 Å². The zero-order valence-corrected chi connectivity index (χ0v) is 21.2. The van der Waals surface area contributed by atoms with E-state index in [1.54, 1.807) is 29.0 Å². The summed E-state index contributed by atoms with van der Waals surface area (Å²) in [4.78, 5) is 36.8. The topological polar surface area (TPSA) is 92.2 Å². The number of Topliss-reactive ketones (excluding diaryl/α,β-unsaturated/α-hetero) is 1. The molecule has 1 aliphatic heterocycles. The summed E-state index contributed by atoms with van der Waals surface area (Å²) in [6.07, 6.45) is 3.87. The molecule has 0 radical (unpaired) electrons. The van der Waals surface area contributed by atoms with E-state index in [-0.39, 0.29) is 28.7 Å². The van der Waals surface area contributed by atoms with Gasteiger partial charge in [-0.1, -0.05) is 24.3 Å². The summed E-state index contributed by atoms with van der Waals surface area (Å²) in [5.74, 6) is 0.127. The van der Waals surface area contributed by atoms with Gasteiger partial charge in [0.1, 0.15) is 11.5 Å². The van der Waals surface area contributed by atoms with Crippen LogP contribution in [-0.4, -0.2) is 46.5 Å². The number of nitrogens with one attached hydrogen (secondary N) is 2. The molecule has 0 amide bonds. The molecule has 2 aromatic heterocycles. The molecule has 0 spiro atoms. The minimum absolute atomic E-state index is 0.108. The second-order valence-electron chi connectivity index (χ2n) is 9.98. The largest absolute Gasteiger partial charge is 0.367 e. The van der Waals surface area contributed by atoms with Crippen molar-refractivity contribution in [1.82, 2.24) is 19.9 Å². The van der Waals surface area contributed by atoms with Crippen molar-refractivity contribution in [2.45, 2.75) is 32.2 Å². The summed E-state index contributed by atoms with van der Waals surface area (Å²) in [6, 6.07) is 14.6. The van der Waals surface area contributed by atoms with E-state index in [1.165, 1.54) is 18.6 Å². The normalized spacial score (nSPS) is 15.6. The van der Waals surface area contributed by atoms with Crippen LogP contribution in [0.4, 0.5) is 21.7 Å². The number of pyridine rings is 1. The molecule has 1 aliphatic carbocycles. The lowest BCUT2D eigenvalue weighted by molar-refractivity contribution is 0.101. The van der Waals surface area contributed by atoms with Gasteiger partial charge >= 0.3 is 0 Å². The highest BCUT2D eigenvalue weighted by molar-refractivity contribution is 5.96. The SMILES string of the molecule is CC(=O)c1cc2cnc(Nc3ccc(N4CCNCC4)c(F)c3)nc2n(Cc2ccccc2C2CC2)c1=O. The maximum absolute atomic E-state index is 15.0. The zero-order chi connectivity index (χ0) is 26.2. The van der Waals surface area contributed by atoms with E-state index in [4.69, 9.17) is 0 Å². The molecule has 2 fully saturated rings. The molecule has 9 heteroatoms. The van der Waals surface area contributed by atoms with E-state index in [1.807, 2.05) is 23.1 Å². The van der Waals surface area contributed by atoms with E-state index in [2.05, 4.69) is 26.7 Å². The number of halogens is 1. The number of benzene rings is 2. The highest BCUT2D eigenvalue weighted by Gasteiger charge is 2.26. The standard InChI is InChI=1S/C29H29FN6O2/c1-18(37)24-14-21-16-32-29(33-22-8-9-26(25(30)15-22)35-12-10-31-11-13-35)34-27(21)36(28(24)38)17-20-4-2-3-5-23(20)19-6-7-19/h2-5,8-9,14-16,19,31H,6-7,10-13,17H2,1H3,(H,32,33,34). The Morgan fingerprint density at radius 1 is 1.13 bits per heavy atom. The second-order valence-corrected chi connectivity index (χ2v) is 9.98. The number of carbonyl (C=O) groups excluding carboxylic acids is 1. The maximum atomic E-state index is 15.0. The Kier molecular flexibility index (Phi) is 6.37. The number of fused-ring (bicyclic) bond motifs is 1. The number of anilines is 3. The molecule has 1 saturated heterocycles. The van der Waals surface area contributed by atoms with Crippen molar-refractivity contribution in [2.75, 3.05) is 36.4 Å². The van der Waals surface area contributed by atoms with Crippen molar-refractivity contribution in [2.24, 2.45) is 0 Å². The lowest BCUT2D eigenvalue weighted by Gasteiger charge is -2.29. The Labute approximate surface area is 219 Å². The first-order valence-corrected chi connectivity index (χ1v) is 13.0. The first-order chi connectivity index (χ1) is 18.5. The molecule has 0 bridgehead atoms. The van der Waals surface area contributed by atoms with Crippen molar-refractivity contribution in [1.29, 1.82) is 0 Å². The van der Waals surface area contributed by atoms with Gasteiger partial charge in [-0.25, -0.2) is 9.37 Å². The predicted octanol–water partition coefficient (Wildman–Crippen LogP) is 4.21. The summed E-state index contributed by atoms with van der Waals surface area (Å²) in [5, 5.41) is 6.94. The molecule has 3 heterocycles. The van der Waals surface area contributed by atoms with E-state index in [0.717, 1.165) is 44.6 Å². The first kappa shape index (κ1) is 24.2. The number of rotatable bonds is 7. The van der Waals surface area contributed by atoms with Gasteiger partial charge in [0.15, 0.2) is 5.78 Å². The average Bonchev–Trinajstić information content (AvgIpc) is 3.76. The van der Waals surface area contributed by atoms with Gasteiger partial charge in [0, 0.05) is 43.4 Å². The number of piperazine rings is 1. The number of hydrogen-bond acceptors (Lipinski definition) is 7. The van der Waals surface area contributed by atoms with Gasteiger partial charge in [-0.15, -0.1) is 0 Å². The first-order valence-electron chi connectivity index (χ1n) is 13.0. The van der Waals surface area contributed by atoms with Crippen LogP contribution in [0.25, 0.3) is 11.0 Å². The molecule has 38 heavy (non-hydrogen) atoms.